The van der Waals surface area contributed by atoms with E-state index in [1.807, 2.05) is 6.07 Å². The number of ether oxygens (including phenoxy) is 1. The van der Waals surface area contributed by atoms with Gasteiger partial charge in [-0.05, 0) is 43.9 Å². The highest BCUT2D eigenvalue weighted by Gasteiger charge is 2.48. The van der Waals surface area contributed by atoms with Gasteiger partial charge in [0.2, 0.25) is 0 Å². The van der Waals surface area contributed by atoms with Gasteiger partial charge in [0.25, 0.3) is 0 Å². The molecule has 0 aromatic carbocycles. The van der Waals surface area contributed by atoms with Crippen LogP contribution in [0.2, 0.25) is 0 Å². The molecule has 1 aromatic heterocycles. The van der Waals surface area contributed by atoms with E-state index in [0.717, 1.165) is 31.8 Å². The first-order chi connectivity index (χ1) is 12.3. The van der Waals surface area contributed by atoms with Gasteiger partial charge in [-0.3, -0.25) is 9.69 Å². The van der Waals surface area contributed by atoms with Crippen LogP contribution in [-0.2, 0) is 9.53 Å². The topological polar surface area (TPSA) is 42.7 Å². The van der Waals surface area contributed by atoms with Crippen LogP contribution in [0.1, 0.15) is 70.0 Å². The number of rotatable bonds is 9. The molecule has 0 unspecified atom stereocenters. The van der Waals surface area contributed by atoms with E-state index in [1.54, 1.807) is 13.4 Å². The molecule has 0 radical (unpaired) electrons. The second kappa shape index (κ2) is 9.00. The number of nitrogens with zero attached hydrogens (tertiary/aromatic N) is 1. The Kier molecular flexibility index (Phi) is 6.71. The average Bonchev–Trinajstić information content (AvgIpc) is 3.32. The molecule has 0 amide bonds. The fourth-order valence-electron chi connectivity index (χ4n) is 4.95. The first-order valence-corrected chi connectivity index (χ1v) is 10.1. The second-order valence-corrected chi connectivity index (χ2v) is 7.74. The molecule has 1 aliphatic carbocycles. The number of likely N-dealkylation sites (tertiary alicyclic amines) is 1. The van der Waals surface area contributed by atoms with Crippen molar-refractivity contribution in [1.29, 1.82) is 0 Å². The number of ketones is 1. The maximum atomic E-state index is 13.0. The maximum Gasteiger partial charge on any atom is 0.151 e. The summed E-state index contributed by atoms with van der Waals surface area (Å²) in [7, 11) is 1.76. The zero-order valence-corrected chi connectivity index (χ0v) is 15.8. The minimum Gasteiger partial charge on any atom is -0.469 e. The number of carbonyl (C=O) groups is 1. The summed E-state index contributed by atoms with van der Waals surface area (Å²) in [5.41, 5.74) is 0. The molecule has 2 fully saturated rings. The Morgan fingerprint density at radius 2 is 2.20 bits per heavy atom. The Morgan fingerprint density at radius 3 is 2.92 bits per heavy atom. The lowest BCUT2D eigenvalue weighted by molar-refractivity contribution is -0.123. The molecule has 2 aliphatic rings. The van der Waals surface area contributed by atoms with Crippen LogP contribution >= 0.6 is 0 Å². The molecule has 0 N–H and O–H groups in total. The number of hydrogen-bond acceptors (Lipinski definition) is 4. The molecule has 0 spiro atoms. The SMILES string of the molecule is CCCCCC[C@H]1[C@@H](c2ccco2)CC(=O)[C@H]1N1CCC[C@H]1COC. The normalized spacial score (nSPS) is 30.4. The molecule has 1 aliphatic heterocycles. The Labute approximate surface area is 151 Å². The molecule has 25 heavy (non-hydrogen) atoms. The van der Waals surface area contributed by atoms with Crippen molar-refractivity contribution in [2.45, 2.75) is 76.3 Å². The van der Waals surface area contributed by atoms with Crippen LogP contribution in [0.4, 0.5) is 0 Å². The minimum atomic E-state index is 0.0550. The number of hydrogen-bond donors (Lipinski definition) is 0. The van der Waals surface area contributed by atoms with Gasteiger partial charge in [-0.2, -0.15) is 0 Å². The largest absolute Gasteiger partial charge is 0.469 e. The number of furan rings is 1. The summed E-state index contributed by atoms with van der Waals surface area (Å²) in [5.74, 6) is 2.04. The Hall–Kier alpha value is -1.13. The average molecular weight is 347 g/mol. The van der Waals surface area contributed by atoms with Crippen molar-refractivity contribution in [2.75, 3.05) is 20.3 Å². The molecule has 3 rings (SSSR count). The summed E-state index contributed by atoms with van der Waals surface area (Å²) in [6, 6.07) is 4.45. The van der Waals surface area contributed by atoms with Gasteiger partial charge in [0.15, 0.2) is 5.78 Å². The van der Waals surface area contributed by atoms with Crippen molar-refractivity contribution in [3.05, 3.63) is 24.2 Å². The fourth-order valence-corrected chi connectivity index (χ4v) is 4.95. The predicted octanol–water partition coefficient (Wildman–Crippen LogP) is 4.40. The smallest absolute Gasteiger partial charge is 0.151 e. The van der Waals surface area contributed by atoms with E-state index in [9.17, 15) is 4.79 Å². The molecule has 4 nitrogen and oxygen atoms in total. The van der Waals surface area contributed by atoms with E-state index in [0.29, 0.717) is 24.2 Å². The van der Waals surface area contributed by atoms with Gasteiger partial charge in [-0.15, -0.1) is 0 Å². The molecule has 1 saturated carbocycles. The first-order valence-electron chi connectivity index (χ1n) is 10.1. The summed E-state index contributed by atoms with van der Waals surface area (Å²) >= 11 is 0. The van der Waals surface area contributed by atoms with Crippen molar-refractivity contribution in [3.63, 3.8) is 0 Å². The quantitative estimate of drug-likeness (QED) is 0.621. The molecular weight excluding hydrogens is 314 g/mol. The molecule has 140 valence electrons. The molecule has 4 atom stereocenters. The third-order valence-corrected chi connectivity index (χ3v) is 6.11. The standard InChI is InChI=1S/C21H33NO3/c1-3-4-5-6-10-17-18(20-11-8-13-25-20)14-19(23)21(17)22-12-7-9-16(22)15-24-2/h8,11,13,16-18,21H,3-7,9-10,12,14-15H2,1-2H3/t16-,17-,18-,21-/m0/s1. The monoisotopic (exact) mass is 347 g/mol. The highest BCUT2D eigenvalue weighted by atomic mass is 16.5. The zero-order chi connectivity index (χ0) is 17.6. The summed E-state index contributed by atoms with van der Waals surface area (Å²) in [5, 5.41) is 0. The third kappa shape index (κ3) is 4.17. The second-order valence-electron chi connectivity index (χ2n) is 7.74. The van der Waals surface area contributed by atoms with E-state index in [-0.39, 0.29) is 12.0 Å². The lowest BCUT2D eigenvalue weighted by Crippen LogP contribution is -2.47. The lowest BCUT2D eigenvalue weighted by Gasteiger charge is -2.34. The third-order valence-electron chi connectivity index (χ3n) is 6.11. The zero-order valence-electron chi connectivity index (χ0n) is 15.8. The van der Waals surface area contributed by atoms with E-state index >= 15 is 0 Å². The van der Waals surface area contributed by atoms with Gasteiger partial charge in [0.05, 0.1) is 18.9 Å². The summed E-state index contributed by atoms with van der Waals surface area (Å²) in [6.07, 6.45) is 10.8. The van der Waals surface area contributed by atoms with Gasteiger partial charge in [0, 0.05) is 25.5 Å². The minimum absolute atomic E-state index is 0.0550. The van der Waals surface area contributed by atoms with Crippen molar-refractivity contribution in [3.8, 4) is 0 Å². The number of methoxy groups -OCH3 is 1. The summed E-state index contributed by atoms with van der Waals surface area (Å²) in [4.78, 5) is 15.4. The number of carbonyl (C=O) groups excluding carboxylic acids is 1. The van der Waals surface area contributed by atoms with Gasteiger partial charge in [-0.25, -0.2) is 0 Å². The predicted molar refractivity (Wildman–Crippen MR) is 98.7 cm³/mol. The molecule has 0 bridgehead atoms. The van der Waals surface area contributed by atoms with Crippen LogP contribution in [-0.4, -0.2) is 43.0 Å². The van der Waals surface area contributed by atoms with Crippen molar-refractivity contribution < 1.29 is 13.9 Å². The van der Waals surface area contributed by atoms with Crippen LogP contribution in [0.3, 0.4) is 0 Å². The highest BCUT2D eigenvalue weighted by molar-refractivity contribution is 5.88. The molecule has 4 heteroatoms. The van der Waals surface area contributed by atoms with E-state index in [4.69, 9.17) is 9.15 Å². The Morgan fingerprint density at radius 1 is 1.32 bits per heavy atom. The molecule has 1 aromatic rings. The van der Waals surface area contributed by atoms with Crippen LogP contribution in [0.25, 0.3) is 0 Å². The molecule has 1 saturated heterocycles. The fraction of sp³-hybridized carbons (Fsp3) is 0.762. The van der Waals surface area contributed by atoms with Gasteiger partial charge < -0.3 is 9.15 Å². The van der Waals surface area contributed by atoms with Crippen molar-refractivity contribution in [2.24, 2.45) is 5.92 Å². The van der Waals surface area contributed by atoms with Crippen LogP contribution in [0.5, 0.6) is 0 Å². The van der Waals surface area contributed by atoms with E-state index in [1.165, 1.54) is 32.1 Å². The lowest BCUT2D eigenvalue weighted by atomic mass is 9.86. The van der Waals surface area contributed by atoms with Gasteiger partial charge >= 0.3 is 0 Å². The summed E-state index contributed by atoms with van der Waals surface area (Å²) in [6.45, 7) is 4.01. The van der Waals surface area contributed by atoms with Gasteiger partial charge in [-0.1, -0.05) is 32.6 Å². The van der Waals surface area contributed by atoms with Crippen molar-refractivity contribution in [1.82, 2.24) is 4.90 Å². The van der Waals surface area contributed by atoms with Gasteiger partial charge in [0.1, 0.15) is 5.76 Å². The van der Waals surface area contributed by atoms with Crippen LogP contribution in [0.15, 0.2) is 22.8 Å². The molecule has 2 heterocycles. The number of unbranched alkanes of at least 4 members (excludes halogenated alkanes) is 3. The first kappa shape index (κ1) is 18.7. The van der Waals surface area contributed by atoms with E-state index < -0.39 is 0 Å². The highest BCUT2D eigenvalue weighted by Crippen LogP contribution is 2.44. The van der Waals surface area contributed by atoms with Crippen molar-refractivity contribution >= 4 is 5.78 Å². The summed E-state index contributed by atoms with van der Waals surface area (Å²) < 4.78 is 11.1. The maximum absolute atomic E-state index is 13.0. The molecular formula is C21H33NO3. The van der Waals surface area contributed by atoms with E-state index in [2.05, 4.69) is 17.9 Å². The van der Waals surface area contributed by atoms with Crippen LogP contribution < -0.4 is 0 Å². The Balaban J connectivity index is 1.77. The number of Topliss-reactive ketones (excluding diaryl/α,β-unsaturated/α-hetero) is 1. The van der Waals surface area contributed by atoms with Crippen LogP contribution in [0, 0.1) is 5.92 Å². The Bertz CT molecular complexity index is 527.